The molecule has 2 saturated carbocycles. The number of nitrogens with one attached hydrogen (secondary N) is 1. The lowest BCUT2D eigenvalue weighted by Gasteiger charge is -2.60. The van der Waals surface area contributed by atoms with Crippen LogP contribution in [-0.2, 0) is 11.3 Å². The van der Waals surface area contributed by atoms with Crippen molar-refractivity contribution in [2.75, 3.05) is 6.61 Å². The zero-order valence-electron chi connectivity index (χ0n) is 13.2. The summed E-state index contributed by atoms with van der Waals surface area (Å²) in [6, 6.07) is 2.13. The van der Waals surface area contributed by atoms with Crippen LogP contribution in [0.25, 0.3) is 0 Å². The van der Waals surface area contributed by atoms with Gasteiger partial charge in [-0.25, -0.2) is 0 Å². The molecule has 3 rings (SSSR count). The predicted molar refractivity (Wildman–Crippen MR) is 80.2 cm³/mol. The number of carbonyl (C=O) groups excluding carboxylic acids is 1. The van der Waals surface area contributed by atoms with E-state index < -0.39 is 0 Å². The maximum absolute atomic E-state index is 12.5. The summed E-state index contributed by atoms with van der Waals surface area (Å²) in [4.78, 5) is 12.5. The van der Waals surface area contributed by atoms with Crippen LogP contribution in [0, 0.1) is 12.3 Å². The molecule has 1 N–H and O–H groups in total. The van der Waals surface area contributed by atoms with Crippen molar-refractivity contribution >= 4 is 5.91 Å². The third-order valence-corrected chi connectivity index (χ3v) is 5.18. The summed E-state index contributed by atoms with van der Waals surface area (Å²) in [6.07, 6.45) is 4.88. The summed E-state index contributed by atoms with van der Waals surface area (Å²) >= 11 is 0. The maximum Gasteiger partial charge on any atom is 0.269 e. The Balaban J connectivity index is 1.68. The van der Waals surface area contributed by atoms with Crippen LogP contribution >= 0.6 is 0 Å². The monoisotopic (exact) mass is 291 g/mol. The summed E-state index contributed by atoms with van der Waals surface area (Å²) in [6.45, 7) is 7.44. The summed E-state index contributed by atoms with van der Waals surface area (Å²) < 4.78 is 7.61. The number of hydrogen-bond acceptors (Lipinski definition) is 3. The largest absolute Gasteiger partial charge is 0.378 e. The molecular weight excluding hydrogens is 266 g/mol. The van der Waals surface area contributed by atoms with Gasteiger partial charge in [0.05, 0.1) is 11.8 Å². The molecule has 0 radical (unpaired) electrons. The molecule has 1 heterocycles. The minimum Gasteiger partial charge on any atom is -0.378 e. The highest BCUT2D eigenvalue weighted by molar-refractivity contribution is 5.93. The van der Waals surface area contributed by atoms with Crippen LogP contribution in [-0.4, -0.2) is 34.4 Å². The Morgan fingerprint density at radius 1 is 1.52 bits per heavy atom. The highest BCUT2D eigenvalue weighted by atomic mass is 16.5. The third-order valence-electron chi connectivity index (χ3n) is 5.18. The Labute approximate surface area is 126 Å². The van der Waals surface area contributed by atoms with Gasteiger partial charge in [-0.3, -0.25) is 9.48 Å². The Kier molecular flexibility index (Phi) is 3.78. The van der Waals surface area contributed by atoms with Crippen molar-refractivity contribution < 1.29 is 9.53 Å². The van der Waals surface area contributed by atoms with E-state index in [1.165, 1.54) is 19.3 Å². The standard InChI is InChI=1S/C16H25N3O2/c1-4-19-12(9-11(3)18-19)15(20)17-13-10-14(21-5-2)16(13)7-6-8-16/h9,13-14H,4-8,10H2,1-3H3,(H,17,20)/t13-,14+/m0/s1. The Bertz CT molecular complexity index is 534. The van der Waals surface area contributed by atoms with Gasteiger partial charge in [0.1, 0.15) is 5.69 Å². The van der Waals surface area contributed by atoms with Crippen molar-refractivity contribution in [1.29, 1.82) is 0 Å². The zero-order valence-corrected chi connectivity index (χ0v) is 13.2. The van der Waals surface area contributed by atoms with Gasteiger partial charge in [-0.2, -0.15) is 5.10 Å². The van der Waals surface area contributed by atoms with Crippen molar-refractivity contribution in [3.8, 4) is 0 Å². The highest BCUT2D eigenvalue weighted by Gasteiger charge is 2.59. The van der Waals surface area contributed by atoms with E-state index in [-0.39, 0.29) is 17.4 Å². The smallest absolute Gasteiger partial charge is 0.269 e. The average molecular weight is 291 g/mol. The van der Waals surface area contributed by atoms with Crippen molar-refractivity contribution in [2.45, 2.75) is 65.1 Å². The van der Waals surface area contributed by atoms with E-state index in [4.69, 9.17) is 4.74 Å². The van der Waals surface area contributed by atoms with Crippen molar-refractivity contribution in [2.24, 2.45) is 5.41 Å². The van der Waals surface area contributed by atoms with Crippen LogP contribution in [0.5, 0.6) is 0 Å². The fraction of sp³-hybridized carbons (Fsp3) is 0.750. The molecule has 2 atom stereocenters. The van der Waals surface area contributed by atoms with Gasteiger partial charge in [0.2, 0.25) is 0 Å². The van der Waals surface area contributed by atoms with Crippen LogP contribution in [0.3, 0.4) is 0 Å². The van der Waals surface area contributed by atoms with Crippen molar-refractivity contribution in [3.63, 3.8) is 0 Å². The molecule has 0 aliphatic heterocycles. The first-order chi connectivity index (χ1) is 10.1. The molecule has 1 aromatic rings. The molecule has 0 unspecified atom stereocenters. The van der Waals surface area contributed by atoms with Gasteiger partial charge >= 0.3 is 0 Å². The number of aromatic nitrogens is 2. The predicted octanol–water partition coefficient (Wildman–Crippen LogP) is 2.29. The lowest BCUT2D eigenvalue weighted by Crippen LogP contribution is -2.67. The van der Waals surface area contributed by atoms with Crippen LogP contribution in [0.2, 0.25) is 0 Å². The van der Waals surface area contributed by atoms with E-state index in [1.54, 1.807) is 4.68 Å². The second kappa shape index (κ2) is 5.44. The van der Waals surface area contributed by atoms with Gasteiger partial charge in [0, 0.05) is 24.6 Å². The highest BCUT2D eigenvalue weighted by Crippen LogP contribution is 2.57. The molecule has 1 aromatic heterocycles. The average Bonchev–Trinajstić information content (AvgIpc) is 2.76. The summed E-state index contributed by atoms with van der Waals surface area (Å²) in [5.41, 5.74) is 1.77. The molecule has 21 heavy (non-hydrogen) atoms. The normalized spacial score (nSPS) is 26.2. The minimum atomic E-state index is 0.00340. The van der Waals surface area contributed by atoms with Crippen LogP contribution < -0.4 is 5.32 Å². The first-order valence-corrected chi connectivity index (χ1v) is 8.07. The molecule has 0 saturated heterocycles. The number of carbonyl (C=O) groups is 1. The second-order valence-corrected chi connectivity index (χ2v) is 6.28. The number of amides is 1. The topological polar surface area (TPSA) is 56.1 Å². The van der Waals surface area contributed by atoms with Gasteiger partial charge in [-0.1, -0.05) is 6.42 Å². The molecule has 0 bridgehead atoms. The number of ether oxygens (including phenoxy) is 1. The number of aryl methyl sites for hydroxylation is 2. The molecule has 0 aromatic carbocycles. The van der Waals surface area contributed by atoms with E-state index >= 15 is 0 Å². The van der Waals surface area contributed by atoms with Crippen LogP contribution in [0.1, 0.15) is 55.7 Å². The lowest BCUT2D eigenvalue weighted by molar-refractivity contribution is -0.169. The molecule has 2 aliphatic rings. The third kappa shape index (κ3) is 2.27. The molecule has 1 amide bonds. The number of rotatable bonds is 5. The molecule has 2 aliphatic carbocycles. The van der Waals surface area contributed by atoms with Gasteiger partial charge < -0.3 is 10.1 Å². The number of nitrogens with zero attached hydrogens (tertiary/aromatic N) is 2. The molecule has 1 spiro atoms. The van der Waals surface area contributed by atoms with Gasteiger partial charge in [0.25, 0.3) is 5.91 Å². The lowest BCUT2D eigenvalue weighted by atomic mass is 9.51. The van der Waals surface area contributed by atoms with E-state index in [0.717, 1.165) is 18.7 Å². The van der Waals surface area contributed by atoms with E-state index in [9.17, 15) is 4.79 Å². The maximum atomic E-state index is 12.5. The second-order valence-electron chi connectivity index (χ2n) is 6.28. The Hall–Kier alpha value is -1.36. The molecule has 5 heteroatoms. The molecule has 116 valence electrons. The SMILES string of the molecule is CCO[C@@H]1C[C@H](NC(=O)c2cc(C)nn2CC)C12CCC2. The van der Waals surface area contributed by atoms with E-state index in [2.05, 4.69) is 10.4 Å². The fourth-order valence-electron chi connectivity index (χ4n) is 3.84. The van der Waals surface area contributed by atoms with Gasteiger partial charge in [-0.15, -0.1) is 0 Å². The van der Waals surface area contributed by atoms with Crippen LogP contribution in [0.15, 0.2) is 6.07 Å². The van der Waals surface area contributed by atoms with E-state index in [1.807, 2.05) is 26.8 Å². The van der Waals surface area contributed by atoms with E-state index in [0.29, 0.717) is 18.3 Å². The fourth-order valence-corrected chi connectivity index (χ4v) is 3.84. The van der Waals surface area contributed by atoms with Gasteiger partial charge in [-0.05, 0) is 46.1 Å². The minimum absolute atomic E-state index is 0.00340. The Morgan fingerprint density at radius 2 is 2.29 bits per heavy atom. The molecule has 5 nitrogen and oxygen atoms in total. The first kappa shape index (κ1) is 14.6. The molecule has 2 fully saturated rings. The molecular formula is C16H25N3O2. The van der Waals surface area contributed by atoms with Gasteiger partial charge in [0.15, 0.2) is 0 Å². The number of hydrogen-bond donors (Lipinski definition) is 1. The summed E-state index contributed by atoms with van der Waals surface area (Å²) in [5, 5.41) is 7.57. The quantitative estimate of drug-likeness (QED) is 0.905. The van der Waals surface area contributed by atoms with Crippen molar-refractivity contribution in [3.05, 3.63) is 17.5 Å². The summed E-state index contributed by atoms with van der Waals surface area (Å²) in [5.74, 6) is 0.00340. The first-order valence-electron chi connectivity index (χ1n) is 8.07. The van der Waals surface area contributed by atoms with Crippen molar-refractivity contribution in [1.82, 2.24) is 15.1 Å². The Morgan fingerprint density at radius 3 is 2.86 bits per heavy atom. The summed E-state index contributed by atoms with van der Waals surface area (Å²) in [7, 11) is 0. The van der Waals surface area contributed by atoms with Crippen LogP contribution in [0.4, 0.5) is 0 Å². The zero-order chi connectivity index (χ0) is 15.0.